The maximum Gasteiger partial charge on any atom is 0.230 e. The van der Waals surface area contributed by atoms with E-state index in [2.05, 4.69) is 14.2 Å². The molecule has 1 atom stereocenters. The van der Waals surface area contributed by atoms with Crippen LogP contribution in [0.15, 0.2) is 12.3 Å². The lowest BCUT2D eigenvalue weighted by Gasteiger charge is -2.17. The van der Waals surface area contributed by atoms with Gasteiger partial charge in [-0.2, -0.15) is 0 Å². The highest BCUT2D eigenvalue weighted by atomic mass is 31.0. The molecule has 1 unspecified atom stereocenters. The Kier molecular flexibility index (Phi) is 4.18. The second-order valence-electron chi connectivity index (χ2n) is 3.35. The van der Waals surface area contributed by atoms with E-state index in [0.717, 1.165) is 10.9 Å². The minimum atomic E-state index is -0.141. The topological polar surface area (TPSA) is 53.4 Å². The smallest absolute Gasteiger partial charge is 0.230 e. The summed E-state index contributed by atoms with van der Waals surface area (Å²) in [7, 11) is 4.21. The third-order valence-electron chi connectivity index (χ3n) is 2.05. The summed E-state index contributed by atoms with van der Waals surface area (Å²) in [6, 6.07) is 1.94. The Morgan fingerprint density at radius 2 is 2.33 bits per heavy atom. The second kappa shape index (κ2) is 5.19. The number of aromatic nitrogens is 1. The summed E-state index contributed by atoms with van der Waals surface area (Å²) in [5, 5.41) is 9.55. The molecule has 82 valence electrons. The van der Waals surface area contributed by atoms with Gasteiger partial charge in [-0.15, -0.1) is 9.24 Å². The van der Waals surface area contributed by atoms with Crippen molar-refractivity contribution in [2.75, 3.05) is 18.6 Å². The summed E-state index contributed by atoms with van der Waals surface area (Å²) in [6.07, 6.45) is 1.84. The Hall–Kier alpha value is -0.990. The largest absolute Gasteiger partial charge is 0.396 e. The van der Waals surface area contributed by atoms with Crippen LogP contribution >= 0.6 is 9.24 Å². The van der Waals surface area contributed by atoms with E-state index in [-0.39, 0.29) is 18.9 Å². The Morgan fingerprint density at radius 1 is 1.67 bits per heavy atom. The highest BCUT2D eigenvalue weighted by molar-refractivity contribution is 7.28. The Morgan fingerprint density at radius 3 is 2.87 bits per heavy atom. The van der Waals surface area contributed by atoms with E-state index in [1.165, 1.54) is 4.90 Å². The summed E-state index contributed by atoms with van der Waals surface area (Å²) in [4.78, 5) is 17.1. The first-order valence-corrected chi connectivity index (χ1v) is 5.23. The molecule has 0 aliphatic rings. The molecule has 0 fully saturated rings. The van der Waals surface area contributed by atoms with Gasteiger partial charge in [0.15, 0.2) is 0 Å². The first-order chi connectivity index (χ1) is 7.06. The number of rotatable bonds is 3. The maximum atomic E-state index is 11.5. The lowest BCUT2D eigenvalue weighted by molar-refractivity contribution is -0.118. The number of carbonyl (C=O) groups excluding carboxylic acids is 1. The number of amides is 1. The van der Waals surface area contributed by atoms with Crippen LogP contribution in [0.4, 0.5) is 5.82 Å². The van der Waals surface area contributed by atoms with Gasteiger partial charge in [0.1, 0.15) is 5.82 Å². The molecule has 0 aliphatic heterocycles. The van der Waals surface area contributed by atoms with Gasteiger partial charge < -0.3 is 5.11 Å². The quantitative estimate of drug-likeness (QED) is 0.751. The first kappa shape index (κ1) is 12.1. The van der Waals surface area contributed by atoms with Crippen molar-refractivity contribution in [1.82, 2.24) is 4.98 Å². The maximum absolute atomic E-state index is 11.5. The molecule has 1 aromatic heterocycles. The fourth-order valence-corrected chi connectivity index (χ4v) is 1.78. The van der Waals surface area contributed by atoms with Crippen LogP contribution in [0.5, 0.6) is 0 Å². The van der Waals surface area contributed by atoms with Gasteiger partial charge >= 0.3 is 0 Å². The molecule has 1 heterocycles. The highest BCUT2D eigenvalue weighted by Gasteiger charge is 2.13. The number of aliphatic hydroxyl groups excluding tert-OH is 1. The van der Waals surface area contributed by atoms with Crippen molar-refractivity contribution in [2.24, 2.45) is 0 Å². The zero-order valence-electron chi connectivity index (χ0n) is 8.90. The molecule has 0 spiro atoms. The van der Waals surface area contributed by atoms with Crippen LogP contribution in [0.1, 0.15) is 12.0 Å². The fourth-order valence-electron chi connectivity index (χ4n) is 1.25. The molecule has 5 heteroatoms. The number of aryl methyl sites for hydroxylation is 1. The van der Waals surface area contributed by atoms with Crippen molar-refractivity contribution in [3.63, 3.8) is 0 Å². The molecule has 1 aromatic rings. The monoisotopic (exact) mass is 226 g/mol. The fraction of sp³-hybridized carbons (Fsp3) is 0.400. The average Bonchev–Trinajstić information content (AvgIpc) is 2.17. The molecule has 0 radical (unpaired) electrons. The van der Waals surface area contributed by atoms with Crippen LogP contribution < -0.4 is 10.2 Å². The van der Waals surface area contributed by atoms with Crippen molar-refractivity contribution in [1.29, 1.82) is 0 Å². The van der Waals surface area contributed by atoms with Crippen LogP contribution in [-0.2, 0) is 4.79 Å². The van der Waals surface area contributed by atoms with E-state index < -0.39 is 0 Å². The predicted molar refractivity (Wildman–Crippen MR) is 63.4 cm³/mol. The zero-order chi connectivity index (χ0) is 11.4. The number of hydrogen-bond acceptors (Lipinski definition) is 3. The summed E-state index contributed by atoms with van der Waals surface area (Å²) in [6.45, 7) is 1.81. The highest BCUT2D eigenvalue weighted by Crippen LogP contribution is 2.11. The van der Waals surface area contributed by atoms with Crippen LogP contribution in [0.3, 0.4) is 0 Å². The van der Waals surface area contributed by atoms with Crippen LogP contribution in [0.25, 0.3) is 0 Å². The van der Waals surface area contributed by atoms with Crippen LogP contribution in [-0.4, -0.2) is 29.7 Å². The van der Waals surface area contributed by atoms with Crippen molar-refractivity contribution in [2.45, 2.75) is 13.3 Å². The summed E-state index contributed by atoms with van der Waals surface area (Å²) in [5.41, 5.74) is 1.05. The third kappa shape index (κ3) is 2.98. The van der Waals surface area contributed by atoms with Crippen molar-refractivity contribution >= 4 is 26.3 Å². The third-order valence-corrected chi connectivity index (χ3v) is 2.47. The van der Waals surface area contributed by atoms with Gasteiger partial charge in [0.05, 0.1) is 13.0 Å². The minimum Gasteiger partial charge on any atom is -0.396 e. The normalized spacial score (nSPS) is 10.1. The minimum absolute atomic E-state index is 0.121. The SMILES string of the molecule is Cc1cnc(N(C)C(=O)CCO)c(P)c1. The van der Waals surface area contributed by atoms with Crippen molar-refractivity contribution in [3.8, 4) is 0 Å². The van der Waals surface area contributed by atoms with E-state index in [4.69, 9.17) is 5.11 Å². The van der Waals surface area contributed by atoms with Gasteiger partial charge in [0.25, 0.3) is 0 Å². The molecule has 1 N–H and O–H groups in total. The number of anilines is 1. The number of carbonyl (C=O) groups is 1. The summed E-state index contributed by atoms with van der Waals surface area (Å²) < 4.78 is 0. The standard InChI is InChI=1S/C10H15N2O2P/c1-7-5-8(15)10(11-6-7)12(2)9(14)3-4-13/h5-6,13H,3-4,15H2,1-2H3. The lowest BCUT2D eigenvalue weighted by atomic mass is 10.3. The summed E-state index contributed by atoms with van der Waals surface area (Å²) >= 11 is 0. The molecule has 0 bridgehead atoms. The Labute approximate surface area is 91.5 Å². The Bertz CT molecular complexity index is 368. The van der Waals surface area contributed by atoms with Gasteiger partial charge in [-0.1, -0.05) is 0 Å². The average molecular weight is 226 g/mol. The molecule has 1 rings (SSSR count). The van der Waals surface area contributed by atoms with Gasteiger partial charge in [-0.3, -0.25) is 9.69 Å². The number of hydrogen-bond donors (Lipinski definition) is 1. The van der Waals surface area contributed by atoms with E-state index >= 15 is 0 Å². The van der Waals surface area contributed by atoms with Crippen molar-refractivity contribution in [3.05, 3.63) is 17.8 Å². The predicted octanol–water partition coefficient (Wildman–Crippen LogP) is 0.236. The molecule has 0 saturated heterocycles. The van der Waals surface area contributed by atoms with Crippen LogP contribution in [0.2, 0.25) is 0 Å². The van der Waals surface area contributed by atoms with E-state index in [1.54, 1.807) is 13.2 Å². The lowest BCUT2D eigenvalue weighted by Crippen LogP contribution is -2.30. The van der Waals surface area contributed by atoms with Crippen molar-refractivity contribution < 1.29 is 9.90 Å². The molecule has 15 heavy (non-hydrogen) atoms. The molecule has 1 amide bonds. The zero-order valence-corrected chi connectivity index (χ0v) is 10.1. The molecule has 4 nitrogen and oxygen atoms in total. The molecule has 0 aliphatic carbocycles. The second-order valence-corrected chi connectivity index (χ2v) is 3.97. The van der Waals surface area contributed by atoms with E-state index in [9.17, 15) is 4.79 Å². The van der Waals surface area contributed by atoms with E-state index in [0.29, 0.717) is 5.82 Å². The molecular weight excluding hydrogens is 211 g/mol. The number of nitrogens with zero attached hydrogens (tertiary/aromatic N) is 2. The molecule has 0 saturated carbocycles. The summed E-state index contributed by atoms with van der Waals surface area (Å²) in [5.74, 6) is 0.474. The van der Waals surface area contributed by atoms with Gasteiger partial charge in [-0.25, -0.2) is 4.98 Å². The number of pyridine rings is 1. The Balaban J connectivity index is 2.91. The molecular formula is C10H15N2O2P. The van der Waals surface area contributed by atoms with Gasteiger partial charge in [-0.05, 0) is 18.6 Å². The number of aliphatic hydroxyl groups is 1. The van der Waals surface area contributed by atoms with Gasteiger partial charge in [0, 0.05) is 18.5 Å². The van der Waals surface area contributed by atoms with E-state index in [1.807, 2.05) is 13.0 Å². The molecule has 0 aromatic carbocycles. The first-order valence-electron chi connectivity index (χ1n) is 4.65. The van der Waals surface area contributed by atoms with Crippen LogP contribution in [0, 0.1) is 6.92 Å². The van der Waals surface area contributed by atoms with Gasteiger partial charge in [0.2, 0.25) is 5.91 Å².